The topological polar surface area (TPSA) is 92.5 Å². The molecule has 1 unspecified atom stereocenters. The van der Waals surface area contributed by atoms with Gasteiger partial charge in [0.25, 0.3) is 0 Å². The molecule has 0 radical (unpaired) electrons. The smallest absolute Gasteiger partial charge is 0.416 e. The van der Waals surface area contributed by atoms with Crippen molar-refractivity contribution < 1.29 is 44.7 Å². The average Bonchev–Trinajstić information content (AvgIpc) is 3.08. The van der Waals surface area contributed by atoms with E-state index in [2.05, 4.69) is 5.10 Å². The molecule has 14 heteroatoms. The zero-order chi connectivity index (χ0) is 24.1. The lowest BCUT2D eigenvalue weighted by Crippen LogP contribution is -2.34. The predicted octanol–water partition coefficient (Wildman–Crippen LogP) is 3.70. The third-order valence-corrected chi connectivity index (χ3v) is 7.04. The Balaban J connectivity index is 2.06. The Hall–Kier alpha value is -2.61. The third-order valence-electron chi connectivity index (χ3n) is 5.19. The van der Waals surface area contributed by atoms with E-state index in [1.807, 2.05) is 0 Å². The zero-order valence-corrected chi connectivity index (χ0v) is 17.2. The molecule has 2 aromatic rings. The van der Waals surface area contributed by atoms with Gasteiger partial charge in [0.1, 0.15) is 6.54 Å². The van der Waals surface area contributed by atoms with Crippen molar-refractivity contribution in [3.8, 4) is 0 Å². The van der Waals surface area contributed by atoms with Crippen LogP contribution in [-0.2, 0) is 40.1 Å². The summed E-state index contributed by atoms with van der Waals surface area (Å²) in [5.41, 5.74) is -2.67. The van der Waals surface area contributed by atoms with E-state index in [4.69, 9.17) is 5.11 Å². The van der Waals surface area contributed by atoms with Gasteiger partial charge in [-0.15, -0.1) is 0 Å². The maximum Gasteiger partial charge on any atom is 0.416 e. The lowest BCUT2D eigenvalue weighted by molar-refractivity contribution is -0.143. The highest BCUT2D eigenvalue weighted by molar-refractivity contribution is 7.89. The summed E-state index contributed by atoms with van der Waals surface area (Å²) in [5, 5.41) is 12.9. The first-order valence-electron chi connectivity index (χ1n) is 9.16. The van der Waals surface area contributed by atoms with Crippen LogP contribution >= 0.6 is 0 Å². The summed E-state index contributed by atoms with van der Waals surface area (Å²) in [7, 11) is -3.73. The van der Waals surface area contributed by atoms with Crippen LogP contribution in [0, 0.1) is 0 Å². The second-order valence-corrected chi connectivity index (χ2v) is 9.27. The Morgan fingerprint density at radius 1 is 1.16 bits per heavy atom. The molecule has 1 aliphatic carbocycles. The van der Waals surface area contributed by atoms with Crippen LogP contribution in [0.15, 0.2) is 29.3 Å². The van der Waals surface area contributed by atoms with Gasteiger partial charge in [-0.25, -0.2) is 8.42 Å². The Morgan fingerprint density at radius 2 is 1.72 bits per heavy atom. The molecule has 0 saturated heterocycles. The number of aromatic nitrogens is 2. The molecule has 0 fully saturated rings. The molecule has 32 heavy (non-hydrogen) atoms. The molecule has 1 atom stereocenters. The Morgan fingerprint density at radius 3 is 2.22 bits per heavy atom. The molecule has 1 aromatic carbocycles. The van der Waals surface area contributed by atoms with E-state index in [0.29, 0.717) is 28.4 Å². The molecule has 1 N–H and O–H groups in total. The van der Waals surface area contributed by atoms with Gasteiger partial charge >= 0.3 is 18.3 Å². The van der Waals surface area contributed by atoms with Crippen molar-refractivity contribution in [2.75, 3.05) is 7.05 Å². The fraction of sp³-hybridized carbons (Fsp3) is 0.444. The first-order valence-corrected chi connectivity index (χ1v) is 10.6. The highest BCUT2D eigenvalue weighted by Crippen LogP contribution is 2.40. The Bertz CT molecular complexity index is 1110. The maximum absolute atomic E-state index is 13.1. The number of fused-ring (bicyclic) bond motifs is 1. The van der Waals surface area contributed by atoms with Gasteiger partial charge in [0, 0.05) is 18.3 Å². The first-order chi connectivity index (χ1) is 14.6. The molecule has 0 amide bonds. The van der Waals surface area contributed by atoms with Gasteiger partial charge in [-0.05, 0) is 37.5 Å². The summed E-state index contributed by atoms with van der Waals surface area (Å²) < 4.78 is 107. The molecule has 1 aromatic heterocycles. The number of hydrogen-bond donors (Lipinski definition) is 1. The number of carboxylic acids is 1. The number of aliphatic carboxylic acids is 1. The molecule has 176 valence electrons. The van der Waals surface area contributed by atoms with E-state index in [9.17, 15) is 39.6 Å². The highest BCUT2D eigenvalue weighted by atomic mass is 32.2. The van der Waals surface area contributed by atoms with E-state index >= 15 is 0 Å². The van der Waals surface area contributed by atoms with Crippen molar-refractivity contribution in [1.29, 1.82) is 0 Å². The van der Waals surface area contributed by atoms with Gasteiger partial charge in [0.05, 0.1) is 28.3 Å². The number of carbonyl (C=O) groups is 1. The predicted molar refractivity (Wildman–Crippen MR) is 96.9 cm³/mol. The van der Waals surface area contributed by atoms with Crippen LogP contribution in [0.1, 0.15) is 41.3 Å². The standard InChI is InChI=1S/C18H17F6N3O4S/c1-26(14-3-2-4-15-13(14)8-25-27(15)9-16(28)29)32(30,31)12-6-10(17(19,20)21)5-11(7-12)18(22,23)24/h5-8,14H,2-4,9H2,1H3,(H,28,29). The number of alkyl halides is 6. The second kappa shape index (κ2) is 8.06. The van der Waals surface area contributed by atoms with E-state index in [1.165, 1.54) is 10.9 Å². The van der Waals surface area contributed by atoms with Crippen LogP contribution in [0.3, 0.4) is 0 Å². The number of hydrogen-bond acceptors (Lipinski definition) is 4. The summed E-state index contributed by atoms with van der Waals surface area (Å²) in [4.78, 5) is 9.84. The minimum absolute atomic E-state index is 0.145. The molecular formula is C18H17F6N3O4S. The van der Waals surface area contributed by atoms with Crippen LogP contribution in [0.5, 0.6) is 0 Å². The van der Waals surface area contributed by atoms with E-state index in [0.717, 1.165) is 7.05 Å². The average molecular weight is 485 g/mol. The number of rotatable bonds is 5. The summed E-state index contributed by atoms with van der Waals surface area (Å²) in [6, 6.07) is -0.750. The van der Waals surface area contributed by atoms with Crippen LogP contribution in [0.4, 0.5) is 26.3 Å². The van der Waals surface area contributed by atoms with Gasteiger partial charge in [-0.2, -0.15) is 35.7 Å². The van der Waals surface area contributed by atoms with Gasteiger partial charge in [0.15, 0.2) is 0 Å². The lowest BCUT2D eigenvalue weighted by atomic mass is 9.93. The molecule has 0 spiro atoms. The second-order valence-electron chi connectivity index (χ2n) is 7.27. The summed E-state index contributed by atoms with van der Waals surface area (Å²) in [6.07, 6.45) is -8.08. The maximum atomic E-state index is 13.1. The summed E-state index contributed by atoms with van der Waals surface area (Å²) >= 11 is 0. The number of sulfonamides is 1. The van der Waals surface area contributed by atoms with Crippen LogP contribution in [0.2, 0.25) is 0 Å². The normalized spacial score (nSPS) is 17.4. The molecule has 3 rings (SSSR count). The van der Waals surface area contributed by atoms with Crippen molar-refractivity contribution >= 4 is 16.0 Å². The number of nitrogens with zero attached hydrogens (tertiary/aromatic N) is 3. The monoisotopic (exact) mass is 485 g/mol. The molecule has 0 saturated carbocycles. The number of halogens is 6. The van der Waals surface area contributed by atoms with Gasteiger partial charge < -0.3 is 5.11 Å². The quantitative estimate of drug-likeness (QED) is 0.652. The molecule has 0 bridgehead atoms. The number of carboxylic acid groups (broad SMARTS) is 1. The van der Waals surface area contributed by atoms with E-state index in [1.54, 1.807) is 0 Å². The first kappa shape index (κ1) is 24.0. The Labute approximate surface area is 178 Å². The van der Waals surface area contributed by atoms with Crippen LogP contribution in [0.25, 0.3) is 0 Å². The fourth-order valence-electron chi connectivity index (χ4n) is 3.65. The van der Waals surface area contributed by atoms with E-state index in [-0.39, 0.29) is 24.6 Å². The van der Waals surface area contributed by atoms with Crippen molar-refractivity contribution in [2.24, 2.45) is 0 Å². The fourth-order valence-corrected chi connectivity index (χ4v) is 5.08. The van der Waals surface area contributed by atoms with Gasteiger partial charge in [0.2, 0.25) is 10.0 Å². The van der Waals surface area contributed by atoms with Crippen LogP contribution < -0.4 is 0 Å². The lowest BCUT2D eigenvalue weighted by Gasteiger charge is -2.31. The van der Waals surface area contributed by atoms with Crippen molar-refractivity contribution in [1.82, 2.24) is 14.1 Å². The van der Waals surface area contributed by atoms with Crippen molar-refractivity contribution in [3.63, 3.8) is 0 Å². The molecule has 1 aliphatic rings. The minimum Gasteiger partial charge on any atom is -0.480 e. The van der Waals surface area contributed by atoms with Gasteiger partial charge in [-0.1, -0.05) is 0 Å². The summed E-state index contributed by atoms with van der Waals surface area (Å²) in [6.45, 7) is -0.471. The van der Waals surface area contributed by atoms with Gasteiger partial charge in [-0.3, -0.25) is 9.48 Å². The Kier molecular flexibility index (Phi) is 6.06. The highest BCUT2D eigenvalue weighted by Gasteiger charge is 2.40. The largest absolute Gasteiger partial charge is 0.480 e. The van der Waals surface area contributed by atoms with Crippen molar-refractivity contribution in [2.45, 2.75) is 49.1 Å². The molecular weight excluding hydrogens is 468 g/mol. The number of benzene rings is 1. The molecule has 0 aliphatic heterocycles. The van der Waals surface area contributed by atoms with E-state index < -0.39 is 57.0 Å². The zero-order valence-electron chi connectivity index (χ0n) is 16.4. The van der Waals surface area contributed by atoms with Crippen molar-refractivity contribution in [3.05, 3.63) is 46.8 Å². The SMILES string of the molecule is CN(C1CCCc2c1cnn2CC(=O)O)S(=O)(=O)c1cc(C(F)(F)F)cc(C(F)(F)F)c1. The summed E-state index contributed by atoms with van der Waals surface area (Å²) in [5.74, 6) is -1.18. The molecule has 7 nitrogen and oxygen atoms in total. The minimum atomic E-state index is -5.19. The third kappa shape index (κ3) is 4.60. The van der Waals surface area contributed by atoms with Crippen LogP contribution in [-0.4, -0.2) is 40.6 Å². The molecule has 1 heterocycles.